The first kappa shape index (κ1) is 21.2. The summed E-state index contributed by atoms with van der Waals surface area (Å²) in [5, 5.41) is 6.64. The van der Waals surface area contributed by atoms with Gasteiger partial charge in [-0.1, -0.05) is 36.4 Å². The van der Waals surface area contributed by atoms with E-state index in [1.807, 2.05) is 25.1 Å². The average molecular weight is 454 g/mol. The Morgan fingerprint density at radius 3 is 2.64 bits per heavy atom. The number of hydrogen-bond acceptors (Lipinski definition) is 3. The van der Waals surface area contributed by atoms with Crippen LogP contribution in [-0.4, -0.2) is 31.1 Å². The lowest BCUT2D eigenvalue weighted by atomic mass is 10.1. The molecule has 2 aromatic rings. The van der Waals surface area contributed by atoms with Crippen LogP contribution in [-0.2, 0) is 13.0 Å². The molecule has 1 aromatic heterocycles. The quantitative estimate of drug-likeness (QED) is 0.278. The van der Waals surface area contributed by atoms with Crippen LogP contribution in [0.1, 0.15) is 24.5 Å². The molecular formula is C19H27IN4O. The summed E-state index contributed by atoms with van der Waals surface area (Å²) in [6.07, 6.45) is 3.86. The van der Waals surface area contributed by atoms with Gasteiger partial charge < -0.3 is 15.4 Å². The summed E-state index contributed by atoms with van der Waals surface area (Å²) >= 11 is 0. The molecule has 0 saturated carbocycles. The van der Waals surface area contributed by atoms with Crippen LogP contribution in [0.25, 0.3) is 0 Å². The van der Waals surface area contributed by atoms with Crippen LogP contribution in [0.2, 0.25) is 0 Å². The lowest BCUT2D eigenvalue weighted by Crippen LogP contribution is -2.37. The summed E-state index contributed by atoms with van der Waals surface area (Å²) in [4.78, 5) is 8.52. The second kappa shape index (κ2) is 12.5. The fourth-order valence-electron chi connectivity index (χ4n) is 2.37. The number of rotatable bonds is 8. The maximum atomic E-state index is 5.54. The van der Waals surface area contributed by atoms with Crippen molar-refractivity contribution in [3.05, 3.63) is 59.8 Å². The van der Waals surface area contributed by atoms with E-state index in [0.717, 1.165) is 30.9 Å². The highest BCUT2D eigenvalue weighted by molar-refractivity contribution is 14.0. The molecule has 0 unspecified atom stereocenters. The second-order valence-electron chi connectivity index (χ2n) is 5.34. The fourth-order valence-corrected chi connectivity index (χ4v) is 2.37. The Kier molecular flexibility index (Phi) is 10.6. The molecule has 0 aliphatic rings. The lowest BCUT2D eigenvalue weighted by molar-refractivity contribution is 0.322. The summed E-state index contributed by atoms with van der Waals surface area (Å²) in [6.45, 7) is 4.07. The first-order valence-corrected chi connectivity index (χ1v) is 8.38. The zero-order valence-electron chi connectivity index (χ0n) is 14.9. The van der Waals surface area contributed by atoms with E-state index in [0.29, 0.717) is 19.0 Å². The standard InChI is InChI=1S/C19H26N4O.HI/c1-3-24-18-17(12-8-13-21-18)15-23-19(20-2)22-14-7-11-16-9-5-4-6-10-16;/h4-6,8-10,12-13H,3,7,11,14-15H2,1-2H3,(H2,20,22,23);1H. The van der Waals surface area contributed by atoms with E-state index in [1.54, 1.807) is 13.2 Å². The number of aliphatic imine (C=N–C) groups is 1. The summed E-state index contributed by atoms with van der Waals surface area (Å²) in [5.74, 6) is 1.46. The maximum absolute atomic E-state index is 5.54. The van der Waals surface area contributed by atoms with Gasteiger partial charge in [0.1, 0.15) is 0 Å². The molecule has 5 nitrogen and oxygen atoms in total. The molecule has 25 heavy (non-hydrogen) atoms. The highest BCUT2D eigenvalue weighted by Gasteiger charge is 2.05. The zero-order chi connectivity index (χ0) is 17.0. The largest absolute Gasteiger partial charge is 0.478 e. The molecule has 0 aliphatic carbocycles. The van der Waals surface area contributed by atoms with Gasteiger partial charge in [0.15, 0.2) is 5.96 Å². The predicted molar refractivity (Wildman–Crippen MR) is 114 cm³/mol. The molecule has 1 aromatic carbocycles. The third kappa shape index (κ3) is 7.72. The smallest absolute Gasteiger partial charge is 0.218 e. The van der Waals surface area contributed by atoms with Gasteiger partial charge in [0.05, 0.1) is 6.61 Å². The number of halogens is 1. The minimum Gasteiger partial charge on any atom is -0.478 e. The third-order valence-electron chi connectivity index (χ3n) is 3.58. The molecular weight excluding hydrogens is 427 g/mol. The molecule has 0 aliphatic heterocycles. The molecule has 0 spiro atoms. The number of benzene rings is 1. The van der Waals surface area contributed by atoms with E-state index >= 15 is 0 Å². The molecule has 2 rings (SSSR count). The van der Waals surface area contributed by atoms with E-state index in [1.165, 1.54) is 5.56 Å². The van der Waals surface area contributed by atoms with Crippen molar-refractivity contribution in [3.8, 4) is 5.88 Å². The lowest BCUT2D eigenvalue weighted by Gasteiger charge is -2.13. The first-order chi connectivity index (χ1) is 11.8. The Balaban J connectivity index is 0.00000312. The van der Waals surface area contributed by atoms with Crippen LogP contribution in [0.5, 0.6) is 5.88 Å². The Morgan fingerprint density at radius 2 is 1.92 bits per heavy atom. The fraction of sp³-hybridized carbons (Fsp3) is 0.368. The van der Waals surface area contributed by atoms with Crippen molar-refractivity contribution >= 4 is 29.9 Å². The van der Waals surface area contributed by atoms with Gasteiger partial charge in [-0.25, -0.2) is 4.98 Å². The molecule has 0 bridgehead atoms. The highest BCUT2D eigenvalue weighted by atomic mass is 127. The Morgan fingerprint density at radius 1 is 1.12 bits per heavy atom. The maximum Gasteiger partial charge on any atom is 0.218 e. The molecule has 6 heteroatoms. The second-order valence-corrected chi connectivity index (χ2v) is 5.34. The van der Waals surface area contributed by atoms with E-state index < -0.39 is 0 Å². The summed E-state index contributed by atoms with van der Waals surface area (Å²) in [6, 6.07) is 14.4. The van der Waals surface area contributed by atoms with E-state index in [-0.39, 0.29) is 24.0 Å². The molecule has 0 saturated heterocycles. The van der Waals surface area contributed by atoms with Gasteiger partial charge in [-0.15, -0.1) is 24.0 Å². The third-order valence-corrected chi connectivity index (χ3v) is 3.58. The monoisotopic (exact) mass is 454 g/mol. The number of nitrogens with zero attached hydrogens (tertiary/aromatic N) is 2. The van der Waals surface area contributed by atoms with Gasteiger partial charge in [-0.3, -0.25) is 4.99 Å². The van der Waals surface area contributed by atoms with Crippen molar-refractivity contribution in [2.45, 2.75) is 26.3 Å². The number of nitrogens with one attached hydrogen (secondary N) is 2. The van der Waals surface area contributed by atoms with Crippen LogP contribution in [0.15, 0.2) is 53.7 Å². The molecule has 0 atom stereocenters. The summed E-state index contributed by atoms with van der Waals surface area (Å²) in [7, 11) is 1.78. The van der Waals surface area contributed by atoms with Crippen molar-refractivity contribution in [1.82, 2.24) is 15.6 Å². The average Bonchev–Trinajstić information content (AvgIpc) is 2.63. The van der Waals surface area contributed by atoms with E-state index in [2.05, 4.69) is 44.9 Å². The van der Waals surface area contributed by atoms with Crippen LogP contribution in [0.3, 0.4) is 0 Å². The number of hydrogen-bond donors (Lipinski definition) is 2. The van der Waals surface area contributed by atoms with Gasteiger partial charge in [0, 0.05) is 31.9 Å². The SMILES string of the molecule is CCOc1ncccc1CNC(=NC)NCCCc1ccccc1.I. The van der Waals surface area contributed by atoms with Crippen LogP contribution < -0.4 is 15.4 Å². The normalized spacial score (nSPS) is 10.7. The number of aryl methyl sites for hydroxylation is 1. The summed E-state index contributed by atoms with van der Waals surface area (Å²) in [5.41, 5.74) is 2.38. The van der Waals surface area contributed by atoms with Crippen molar-refractivity contribution in [1.29, 1.82) is 0 Å². The molecule has 0 fully saturated rings. The molecule has 0 radical (unpaired) electrons. The Labute approximate surface area is 167 Å². The van der Waals surface area contributed by atoms with Gasteiger partial charge in [-0.05, 0) is 31.4 Å². The predicted octanol–water partition coefficient (Wildman–Crippen LogP) is 3.40. The number of aromatic nitrogens is 1. The van der Waals surface area contributed by atoms with Crippen LogP contribution >= 0.6 is 24.0 Å². The molecule has 1 heterocycles. The van der Waals surface area contributed by atoms with Crippen LogP contribution in [0.4, 0.5) is 0 Å². The van der Waals surface area contributed by atoms with Crippen molar-refractivity contribution in [2.75, 3.05) is 20.2 Å². The van der Waals surface area contributed by atoms with Crippen molar-refractivity contribution in [3.63, 3.8) is 0 Å². The molecule has 2 N–H and O–H groups in total. The van der Waals surface area contributed by atoms with Crippen LogP contribution in [0, 0.1) is 0 Å². The van der Waals surface area contributed by atoms with Gasteiger partial charge >= 0.3 is 0 Å². The van der Waals surface area contributed by atoms with Gasteiger partial charge in [-0.2, -0.15) is 0 Å². The Bertz CT molecular complexity index is 634. The van der Waals surface area contributed by atoms with Gasteiger partial charge in [0.25, 0.3) is 0 Å². The minimum absolute atomic E-state index is 0. The topological polar surface area (TPSA) is 58.5 Å². The van der Waals surface area contributed by atoms with Gasteiger partial charge in [0.2, 0.25) is 5.88 Å². The molecule has 0 amide bonds. The molecule has 136 valence electrons. The number of pyridine rings is 1. The van der Waals surface area contributed by atoms with Crippen molar-refractivity contribution in [2.24, 2.45) is 4.99 Å². The van der Waals surface area contributed by atoms with Crippen molar-refractivity contribution < 1.29 is 4.74 Å². The van der Waals surface area contributed by atoms with E-state index in [4.69, 9.17) is 4.74 Å². The highest BCUT2D eigenvalue weighted by Crippen LogP contribution is 2.13. The number of guanidine groups is 1. The Hall–Kier alpha value is -1.83. The summed E-state index contributed by atoms with van der Waals surface area (Å²) < 4.78 is 5.54. The van der Waals surface area contributed by atoms with E-state index in [9.17, 15) is 0 Å². The minimum atomic E-state index is 0. The number of ether oxygens (including phenoxy) is 1. The zero-order valence-corrected chi connectivity index (χ0v) is 17.2. The first-order valence-electron chi connectivity index (χ1n) is 8.38.